The highest BCUT2D eigenvalue weighted by molar-refractivity contribution is 8.82. The number of nitrogens with one attached hydrogen (secondary N) is 4. The maximum atomic E-state index is 15.1. The van der Waals surface area contributed by atoms with Crippen LogP contribution in [0.1, 0.15) is 74.5 Å². The molecule has 364 valence electrons. The van der Waals surface area contributed by atoms with E-state index in [0.29, 0.717) is 78.6 Å². The van der Waals surface area contributed by atoms with E-state index in [0.717, 1.165) is 37.1 Å². The number of urea groups is 1. The number of pyridine rings is 1. The Kier molecular flexibility index (Phi) is 17.4. The summed E-state index contributed by atoms with van der Waals surface area (Å²) in [5.41, 5.74) is 5.93. The lowest BCUT2D eigenvalue weighted by Crippen LogP contribution is -2.55. The Labute approximate surface area is 410 Å². The van der Waals surface area contributed by atoms with Gasteiger partial charge >= 0.3 is 12.0 Å². The van der Waals surface area contributed by atoms with Crippen molar-refractivity contribution in [1.29, 1.82) is 5.41 Å². The predicted molar refractivity (Wildman–Crippen MR) is 266 cm³/mol. The van der Waals surface area contributed by atoms with Gasteiger partial charge in [0.2, 0.25) is 11.8 Å². The van der Waals surface area contributed by atoms with E-state index in [-0.39, 0.29) is 72.5 Å². The first-order chi connectivity index (χ1) is 33.2. The Morgan fingerprint density at radius 3 is 2.36 bits per heavy atom. The molecular weight excluding hydrogens is 925 g/mol. The van der Waals surface area contributed by atoms with E-state index >= 15 is 4.39 Å². The summed E-state index contributed by atoms with van der Waals surface area (Å²) >= 11 is 0. The first-order valence-electron chi connectivity index (χ1n) is 23.2. The fourth-order valence-corrected chi connectivity index (χ4v) is 10.5. The van der Waals surface area contributed by atoms with Crippen LogP contribution in [0.4, 0.5) is 14.9 Å². The van der Waals surface area contributed by atoms with Gasteiger partial charge in [0.25, 0.3) is 11.8 Å². The number of hydroxylamine groups is 2. The number of amides is 6. The van der Waals surface area contributed by atoms with Crippen molar-refractivity contribution in [2.24, 2.45) is 11.0 Å². The molecule has 4 fully saturated rings. The van der Waals surface area contributed by atoms with Crippen LogP contribution in [0.25, 0.3) is 0 Å². The van der Waals surface area contributed by atoms with Crippen LogP contribution in [0, 0.1) is 17.1 Å². The van der Waals surface area contributed by atoms with Gasteiger partial charge in [0.15, 0.2) is 5.17 Å². The van der Waals surface area contributed by atoms with Crippen molar-refractivity contribution in [2.45, 2.75) is 75.6 Å². The highest BCUT2D eigenvalue weighted by atomic mass is 33.1. The Morgan fingerprint density at radius 1 is 0.957 bits per heavy atom. The third-order valence-corrected chi connectivity index (χ3v) is 15.1. The van der Waals surface area contributed by atoms with E-state index in [2.05, 4.69) is 31.0 Å². The van der Waals surface area contributed by atoms with E-state index in [4.69, 9.17) is 15.0 Å². The first kappa shape index (κ1) is 50.9. The topological polar surface area (TPSA) is 219 Å². The standard InChI is InChI=1S/C46H57B2FN10O8S2/c1-29(30-7-10-35(11-8-30)66-24-3-5-40(63)67-59-38(61)12-13-39(59)62)54-55-44(50)69-68-25-16-37(60)57-22-20-56(21-23-57)34-14-18-58(19-15-34)45(65)52-28-31-6-9-33(26-36(31)49)53-43(64)42-41(46(42,47)48)32-4-2-17-51-27-32/h2,4,6-11,17,26-27,34,41-42H,3,5,12-16,18-25,28,47-48H2,1H3,(H2,50,55)(H,52,65)(H,53,64)/b54-29+. The Hall–Kier alpha value is -5.93. The van der Waals surface area contributed by atoms with Crippen molar-refractivity contribution in [3.63, 3.8) is 0 Å². The normalized spacial score (nSPS) is 19.5. The van der Waals surface area contributed by atoms with Crippen LogP contribution in [0.3, 0.4) is 0 Å². The average Bonchev–Trinajstić information content (AvgIpc) is 3.82. The van der Waals surface area contributed by atoms with Gasteiger partial charge in [0.05, 0.1) is 18.7 Å². The van der Waals surface area contributed by atoms with Crippen molar-refractivity contribution >= 4 is 89.5 Å². The highest BCUT2D eigenvalue weighted by Gasteiger charge is 2.61. The SMILES string of the molecule is BC1(B)C(C(=O)Nc2ccc(CNC(=O)N3CCC(N4CCN(C(=O)CCSSC(=N)N/N=C(\C)c5ccc(OCCCC(=O)ON6C(=O)CCC6=O)cc5)CC4)CC3)c(F)c2)C1c1cccnc1. The fraction of sp³-hybridized carbons (Fsp3) is 0.457. The van der Waals surface area contributed by atoms with Crippen molar-refractivity contribution in [1.82, 2.24) is 35.5 Å². The molecule has 0 radical (unpaired) electrons. The number of amidine groups is 1. The number of carbonyl (C=O) groups excluding carboxylic acids is 6. The van der Waals surface area contributed by atoms with Gasteiger partial charge in [0, 0.05) is 106 Å². The number of piperazine rings is 1. The summed E-state index contributed by atoms with van der Waals surface area (Å²) in [6, 6.07) is 15.6. The van der Waals surface area contributed by atoms with E-state index in [9.17, 15) is 28.8 Å². The Balaban J connectivity index is 0.717. The van der Waals surface area contributed by atoms with Crippen LogP contribution in [0.15, 0.2) is 72.1 Å². The second kappa shape index (κ2) is 23.6. The molecule has 6 amide bonds. The molecule has 1 aromatic heterocycles. The number of rotatable bonds is 18. The van der Waals surface area contributed by atoms with Gasteiger partial charge in [-0.25, -0.2) is 14.0 Å². The molecule has 2 unspecified atom stereocenters. The zero-order chi connectivity index (χ0) is 49.1. The summed E-state index contributed by atoms with van der Waals surface area (Å²) in [4.78, 5) is 89.4. The Bertz CT molecular complexity index is 2390. The van der Waals surface area contributed by atoms with Crippen LogP contribution < -0.4 is 20.8 Å². The fourth-order valence-electron chi connectivity index (χ4n) is 8.96. The van der Waals surface area contributed by atoms with Gasteiger partial charge < -0.3 is 30.0 Å². The zero-order valence-corrected chi connectivity index (χ0v) is 40.7. The zero-order valence-electron chi connectivity index (χ0n) is 39.0. The molecule has 23 heteroatoms. The lowest BCUT2D eigenvalue weighted by Gasteiger charge is -2.42. The molecule has 1 saturated carbocycles. The summed E-state index contributed by atoms with van der Waals surface area (Å²) in [6.45, 7) is 6.02. The third-order valence-electron chi connectivity index (χ3n) is 13.0. The second-order valence-corrected chi connectivity index (χ2v) is 20.4. The number of anilines is 1. The summed E-state index contributed by atoms with van der Waals surface area (Å²) in [5, 5.41) is 18.7. The number of hydrazone groups is 1. The average molecular weight is 983 g/mol. The molecule has 4 heterocycles. The molecule has 18 nitrogen and oxygen atoms in total. The summed E-state index contributed by atoms with van der Waals surface area (Å²) < 4.78 is 20.8. The van der Waals surface area contributed by atoms with E-state index in [1.54, 1.807) is 41.6 Å². The number of hydrogen-bond donors (Lipinski definition) is 4. The number of imide groups is 1. The molecule has 4 aliphatic rings. The minimum Gasteiger partial charge on any atom is -0.494 e. The molecule has 4 N–H and O–H groups in total. The summed E-state index contributed by atoms with van der Waals surface area (Å²) in [7, 11) is 6.70. The van der Waals surface area contributed by atoms with Crippen LogP contribution in [-0.4, -0.2) is 145 Å². The largest absolute Gasteiger partial charge is 0.494 e. The number of aromatic nitrogens is 1. The molecule has 69 heavy (non-hydrogen) atoms. The van der Waals surface area contributed by atoms with E-state index in [1.807, 2.05) is 51.8 Å². The third kappa shape index (κ3) is 13.7. The number of hydrogen-bond acceptors (Lipinski definition) is 14. The van der Waals surface area contributed by atoms with Crippen molar-refractivity contribution in [2.75, 3.05) is 56.9 Å². The minimum atomic E-state index is -0.674. The van der Waals surface area contributed by atoms with Crippen molar-refractivity contribution in [3.8, 4) is 5.75 Å². The molecule has 2 aromatic carbocycles. The molecular formula is C46H57B2FN10O8S2. The van der Waals surface area contributed by atoms with Crippen LogP contribution in [0.5, 0.6) is 5.75 Å². The van der Waals surface area contributed by atoms with Gasteiger partial charge in [0.1, 0.15) is 27.3 Å². The number of carbonyl (C=O) groups is 6. The lowest BCUT2D eigenvalue weighted by molar-refractivity contribution is -0.197. The molecule has 3 saturated heterocycles. The van der Waals surface area contributed by atoms with Gasteiger partial charge in [-0.2, -0.15) is 5.10 Å². The predicted octanol–water partition coefficient (Wildman–Crippen LogP) is 3.26. The quantitative estimate of drug-likeness (QED) is 0.0274. The monoisotopic (exact) mass is 982 g/mol. The molecule has 2 atom stereocenters. The lowest BCUT2D eigenvalue weighted by atomic mass is 9.63. The minimum absolute atomic E-state index is 0.0105. The Morgan fingerprint density at radius 2 is 1.68 bits per heavy atom. The molecule has 3 aromatic rings. The number of likely N-dealkylation sites (tertiary alicyclic amines) is 1. The number of halogens is 1. The number of ether oxygens (including phenoxy) is 1. The second-order valence-electron chi connectivity index (χ2n) is 18.0. The van der Waals surface area contributed by atoms with Crippen molar-refractivity contribution in [3.05, 3.63) is 89.5 Å². The molecule has 3 aliphatic heterocycles. The molecule has 0 bridgehead atoms. The van der Waals surface area contributed by atoms with Crippen LogP contribution in [0.2, 0.25) is 5.21 Å². The van der Waals surface area contributed by atoms with Gasteiger partial charge in [-0.3, -0.25) is 39.9 Å². The first-order valence-corrected chi connectivity index (χ1v) is 25.5. The number of piperidine rings is 1. The van der Waals surface area contributed by atoms with E-state index < -0.39 is 23.6 Å². The summed E-state index contributed by atoms with van der Waals surface area (Å²) in [5.74, 6) is -1.37. The molecule has 0 spiro atoms. The van der Waals surface area contributed by atoms with Crippen molar-refractivity contribution < 1.29 is 42.7 Å². The van der Waals surface area contributed by atoms with Gasteiger partial charge in [-0.15, -0.1) is 5.06 Å². The number of benzene rings is 2. The van der Waals surface area contributed by atoms with Crippen LogP contribution in [-0.2, 0) is 35.4 Å². The van der Waals surface area contributed by atoms with E-state index in [1.165, 1.54) is 27.7 Å². The molecule has 1 aliphatic carbocycles. The highest BCUT2D eigenvalue weighted by Crippen LogP contribution is 2.66. The van der Waals surface area contributed by atoms with Gasteiger partial charge in [-0.1, -0.05) is 28.1 Å². The maximum absolute atomic E-state index is 15.1. The van der Waals surface area contributed by atoms with Crippen LogP contribution >= 0.6 is 21.6 Å². The number of nitrogens with zero attached hydrogens (tertiary/aromatic N) is 6. The molecule has 7 rings (SSSR count). The maximum Gasteiger partial charge on any atom is 0.333 e. The smallest absolute Gasteiger partial charge is 0.333 e. The van der Waals surface area contributed by atoms with Gasteiger partial charge in [-0.05, 0) is 96.5 Å². The summed E-state index contributed by atoms with van der Waals surface area (Å²) in [6.07, 6.45) is 5.88.